The van der Waals surface area contributed by atoms with E-state index in [4.69, 9.17) is 11.6 Å². The van der Waals surface area contributed by atoms with Crippen molar-refractivity contribution in [1.82, 2.24) is 19.6 Å². The Morgan fingerprint density at radius 2 is 1.96 bits per heavy atom. The van der Waals surface area contributed by atoms with Gasteiger partial charge >= 0.3 is 5.69 Å². The van der Waals surface area contributed by atoms with E-state index in [0.29, 0.717) is 22.6 Å². The molecule has 1 aromatic carbocycles. The molecule has 0 saturated heterocycles. The molecule has 140 valence electrons. The SMILES string of the molecule is CCn1cc([N+](=O)[O-])c(C(=O)Nc2nn(Cc3ccc(Cl)cc3)cc2Br)n1. The number of aryl methyl sites for hydroxylation is 1. The Bertz CT molecular complexity index is 998. The fraction of sp³-hybridized carbons (Fsp3) is 0.188. The van der Waals surface area contributed by atoms with Crippen LogP contribution in [0.2, 0.25) is 5.02 Å². The lowest BCUT2D eigenvalue weighted by Crippen LogP contribution is -2.15. The largest absolute Gasteiger partial charge is 0.320 e. The van der Waals surface area contributed by atoms with E-state index in [2.05, 4.69) is 31.4 Å². The number of hydrogen-bond acceptors (Lipinski definition) is 5. The van der Waals surface area contributed by atoms with E-state index in [1.54, 1.807) is 29.9 Å². The van der Waals surface area contributed by atoms with Crippen LogP contribution in [0.1, 0.15) is 23.0 Å². The number of anilines is 1. The number of nitro groups is 1. The zero-order chi connectivity index (χ0) is 19.6. The Labute approximate surface area is 167 Å². The summed E-state index contributed by atoms with van der Waals surface area (Å²) in [6.45, 7) is 2.65. The molecule has 2 aromatic heterocycles. The summed E-state index contributed by atoms with van der Waals surface area (Å²) in [6.07, 6.45) is 2.92. The fourth-order valence-corrected chi connectivity index (χ4v) is 2.92. The minimum absolute atomic E-state index is 0.245. The topological polar surface area (TPSA) is 108 Å². The molecular formula is C16H14BrClN6O3. The number of halogens is 2. The maximum absolute atomic E-state index is 12.4. The molecule has 0 fully saturated rings. The van der Waals surface area contributed by atoms with E-state index in [9.17, 15) is 14.9 Å². The van der Waals surface area contributed by atoms with E-state index >= 15 is 0 Å². The highest BCUT2D eigenvalue weighted by Crippen LogP contribution is 2.23. The zero-order valence-electron chi connectivity index (χ0n) is 14.1. The molecule has 0 aliphatic carbocycles. The van der Waals surface area contributed by atoms with Gasteiger partial charge in [-0.25, -0.2) is 0 Å². The standard InChI is InChI=1S/C16H14BrClN6O3/c1-2-22-9-13(24(26)27)14(20-22)16(25)19-15-12(17)8-23(21-15)7-10-3-5-11(18)6-4-10/h3-6,8-9H,2,7H2,1H3,(H,19,21,25). The molecule has 1 N–H and O–H groups in total. The number of nitrogens with one attached hydrogen (secondary N) is 1. The van der Waals surface area contributed by atoms with Crippen LogP contribution in [0.25, 0.3) is 0 Å². The number of nitrogens with zero attached hydrogens (tertiary/aromatic N) is 5. The van der Waals surface area contributed by atoms with Gasteiger partial charge in [0.2, 0.25) is 5.69 Å². The molecule has 3 aromatic rings. The monoisotopic (exact) mass is 452 g/mol. The molecule has 0 aliphatic rings. The molecule has 1 amide bonds. The summed E-state index contributed by atoms with van der Waals surface area (Å²) in [4.78, 5) is 23.0. The summed E-state index contributed by atoms with van der Waals surface area (Å²) in [6, 6.07) is 7.30. The fourth-order valence-electron chi connectivity index (χ4n) is 2.37. The molecule has 0 spiro atoms. The van der Waals surface area contributed by atoms with Crippen LogP contribution in [0.5, 0.6) is 0 Å². The van der Waals surface area contributed by atoms with Gasteiger partial charge in [0.05, 0.1) is 15.9 Å². The second-order valence-corrected chi connectivity index (χ2v) is 6.87. The molecule has 11 heteroatoms. The average molecular weight is 454 g/mol. The quantitative estimate of drug-likeness (QED) is 0.452. The molecule has 0 aliphatic heterocycles. The Morgan fingerprint density at radius 3 is 2.59 bits per heavy atom. The summed E-state index contributed by atoms with van der Waals surface area (Å²) in [7, 11) is 0. The average Bonchev–Trinajstić information content (AvgIpc) is 3.21. The van der Waals surface area contributed by atoms with E-state index in [1.165, 1.54) is 10.9 Å². The van der Waals surface area contributed by atoms with Crippen LogP contribution in [-0.4, -0.2) is 30.4 Å². The van der Waals surface area contributed by atoms with Crippen molar-refractivity contribution < 1.29 is 9.72 Å². The van der Waals surface area contributed by atoms with Gasteiger partial charge in [0.25, 0.3) is 5.91 Å². The maximum atomic E-state index is 12.4. The lowest BCUT2D eigenvalue weighted by molar-refractivity contribution is -0.385. The molecular weight excluding hydrogens is 440 g/mol. The molecule has 0 unspecified atom stereocenters. The maximum Gasteiger partial charge on any atom is 0.320 e. The smallest absolute Gasteiger partial charge is 0.302 e. The third kappa shape index (κ3) is 4.34. The van der Waals surface area contributed by atoms with Gasteiger partial charge in [-0.15, -0.1) is 0 Å². The number of benzene rings is 1. The Kier molecular flexibility index (Phi) is 5.57. The van der Waals surface area contributed by atoms with Crippen LogP contribution in [-0.2, 0) is 13.1 Å². The number of hydrogen-bond donors (Lipinski definition) is 1. The van der Waals surface area contributed by atoms with Gasteiger partial charge in [0.15, 0.2) is 5.82 Å². The summed E-state index contributed by atoms with van der Waals surface area (Å²) >= 11 is 9.20. The number of rotatable bonds is 6. The summed E-state index contributed by atoms with van der Waals surface area (Å²) in [5.41, 5.74) is 0.358. The van der Waals surface area contributed by atoms with Crippen LogP contribution in [0.15, 0.2) is 41.1 Å². The van der Waals surface area contributed by atoms with Crippen molar-refractivity contribution in [2.75, 3.05) is 5.32 Å². The van der Waals surface area contributed by atoms with E-state index in [-0.39, 0.29) is 17.2 Å². The molecule has 9 nitrogen and oxygen atoms in total. The van der Waals surface area contributed by atoms with E-state index < -0.39 is 10.8 Å². The molecule has 27 heavy (non-hydrogen) atoms. The lowest BCUT2D eigenvalue weighted by atomic mass is 10.2. The Balaban J connectivity index is 1.79. The van der Waals surface area contributed by atoms with Gasteiger partial charge < -0.3 is 5.32 Å². The normalized spacial score (nSPS) is 10.8. The third-order valence-corrected chi connectivity index (χ3v) is 4.52. The lowest BCUT2D eigenvalue weighted by Gasteiger charge is -2.02. The van der Waals surface area contributed by atoms with Crippen molar-refractivity contribution in [2.45, 2.75) is 20.0 Å². The molecule has 0 atom stereocenters. The highest BCUT2D eigenvalue weighted by atomic mass is 79.9. The van der Waals surface area contributed by atoms with Crippen molar-refractivity contribution in [2.24, 2.45) is 0 Å². The minimum Gasteiger partial charge on any atom is -0.302 e. The van der Waals surface area contributed by atoms with Crippen LogP contribution in [0.3, 0.4) is 0 Å². The third-order valence-electron chi connectivity index (χ3n) is 3.68. The van der Waals surface area contributed by atoms with Gasteiger partial charge in [-0.05, 0) is 40.5 Å². The first-order chi connectivity index (χ1) is 12.9. The first-order valence-corrected chi connectivity index (χ1v) is 9.05. The van der Waals surface area contributed by atoms with Crippen molar-refractivity contribution in [3.8, 4) is 0 Å². The highest BCUT2D eigenvalue weighted by Gasteiger charge is 2.26. The summed E-state index contributed by atoms with van der Waals surface area (Å²) in [5.74, 6) is -0.458. The van der Waals surface area contributed by atoms with Gasteiger partial charge in [-0.2, -0.15) is 10.2 Å². The van der Waals surface area contributed by atoms with Gasteiger partial charge in [-0.1, -0.05) is 23.7 Å². The number of carbonyl (C=O) groups excluding carboxylic acids is 1. The summed E-state index contributed by atoms with van der Waals surface area (Å²) < 4.78 is 3.51. The predicted molar refractivity (Wildman–Crippen MR) is 103 cm³/mol. The van der Waals surface area contributed by atoms with Crippen LogP contribution >= 0.6 is 27.5 Å². The number of aromatic nitrogens is 4. The predicted octanol–water partition coefficient (Wildman–Crippen LogP) is 3.72. The number of carbonyl (C=O) groups is 1. The highest BCUT2D eigenvalue weighted by molar-refractivity contribution is 9.10. The molecule has 0 radical (unpaired) electrons. The van der Waals surface area contributed by atoms with Gasteiger partial charge in [0, 0.05) is 17.8 Å². The molecule has 0 bridgehead atoms. The van der Waals surface area contributed by atoms with E-state index in [1.807, 2.05) is 12.1 Å². The minimum atomic E-state index is -0.702. The van der Waals surface area contributed by atoms with Crippen molar-refractivity contribution >= 4 is 44.9 Å². The van der Waals surface area contributed by atoms with Crippen molar-refractivity contribution in [3.63, 3.8) is 0 Å². The molecule has 0 saturated carbocycles. The second-order valence-electron chi connectivity index (χ2n) is 5.58. The van der Waals surface area contributed by atoms with E-state index in [0.717, 1.165) is 5.56 Å². The molecule has 3 rings (SSSR count). The Hall–Kier alpha value is -2.72. The summed E-state index contributed by atoms with van der Waals surface area (Å²) in [5, 5.41) is 22.6. The van der Waals surface area contributed by atoms with Crippen molar-refractivity contribution in [1.29, 1.82) is 0 Å². The second kappa shape index (κ2) is 7.89. The van der Waals surface area contributed by atoms with Gasteiger partial charge in [-0.3, -0.25) is 24.3 Å². The zero-order valence-corrected chi connectivity index (χ0v) is 16.4. The molecule has 2 heterocycles. The number of amides is 1. The van der Waals surface area contributed by atoms with Crippen LogP contribution in [0.4, 0.5) is 11.5 Å². The van der Waals surface area contributed by atoms with Gasteiger partial charge in [0.1, 0.15) is 6.20 Å². The van der Waals surface area contributed by atoms with Crippen LogP contribution in [0, 0.1) is 10.1 Å². The first-order valence-electron chi connectivity index (χ1n) is 7.88. The first kappa shape index (κ1) is 19.1. The van der Waals surface area contributed by atoms with Crippen molar-refractivity contribution in [3.05, 3.63) is 67.5 Å². The Morgan fingerprint density at radius 1 is 1.26 bits per heavy atom. The van der Waals surface area contributed by atoms with Crippen LogP contribution < -0.4 is 5.32 Å².